The highest BCUT2D eigenvalue weighted by Crippen LogP contribution is 2.32. The van der Waals surface area contributed by atoms with Gasteiger partial charge in [0.1, 0.15) is 6.23 Å². The molecular formula is C15H19NO. The highest BCUT2D eigenvalue weighted by Gasteiger charge is 2.28. The number of likely N-dealkylation sites (tertiary alicyclic amines) is 1. The van der Waals surface area contributed by atoms with Crippen molar-refractivity contribution in [2.75, 3.05) is 13.1 Å². The number of hydrogen-bond acceptors (Lipinski definition) is 2. The quantitative estimate of drug-likeness (QED) is 0.734. The van der Waals surface area contributed by atoms with E-state index in [1.807, 2.05) is 0 Å². The van der Waals surface area contributed by atoms with E-state index < -0.39 is 0 Å². The van der Waals surface area contributed by atoms with Crippen molar-refractivity contribution in [2.45, 2.75) is 32.1 Å². The molecule has 0 aromatic heterocycles. The van der Waals surface area contributed by atoms with Gasteiger partial charge in [-0.2, -0.15) is 0 Å². The Morgan fingerprint density at radius 3 is 2.71 bits per heavy atom. The summed E-state index contributed by atoms with van der Waals surface area (Å²) < 4.78 is 5.98. The molecule has 1 fully saturated rings. The SMILES string of the molecule is C=C1c2ccccc2COC1N1CCCCC1. The molecule has 2 nitrogen and oxygen atoms in total. The standard InChI is InChI=1S/C15H19NO/c1-12-14-8-4-3-7-13(14)11-17-15(12)16-9-5-2-6-10-16/h3-4,7-8,15H,1-2,5-6,9-11H2. The van der Waals surface area contributed by atoms with Crippen LogP contribution in [0.15, 0.2) is 30.8 Å². The number of fused-ring (bicyclic) bond motifs is 1. The largest absolute Gasteiger partial charge is 0.354 e. The summed E-state index contributed by atoms with van der Waals surface area (Å²) >= 11 is 0. The van der Waals surface area contributed by atoms with Crippen LogP contribution in [0.3, 0.4) is 0 Å². The third-order valence-electron chi connectivity index (χ3n) is 3.78. The topological polar surface area (TPSA) is 12.5 Å². The summed E-state index contributed by atoms with van der Waals surface area (Å²) in [4.78, 5) is 2.43. The highest BCUT2D eigenvalue weighted by atomic mass is 16.5. The van der Waals surface area contributed by atoms with Crippen molar-refractivity contribution in [3.8, 4) is 0 Å². The van der Waals surface area contributed by atoms with Crippen molar-refractivity contribution < 1.29 is 4.74 Å². The fraction of sp³-hybridized carbons (Fsp3) is 0.467. The van der Waals surface area contributed by atoms with Gasteiger partial charge in [-0.15, -0.1) is 0 Å². The van der Waals surface area contributed by atoms with E-state index in [9.17, 15) is 0 Å². The second-order valence-corrected chi connectivity index (χ2v) is 4.94. The van der Waals surface area contributed by atoms with Gasteiger partial charge >= 0.3 is 0 Å². The minimum absolute atomic E-state index is 0.102. The molecule has 1 saturated heterocycles. The van der Waals surface area contributed by atoms with E-state index >= 15 is 0 Å². The number of hydrogen-bond donors (Lipinski definition) is 0. The monoisotopic (exact) mass is 229 g/mol. The summed E-state index contributed by atoms with van der Waals surface area (Å²) in [6, 6.07) is 8.45. The summed E-state index contributed by atoms with van der Waals surface area (Å²) in [5, 5.41) is 0. The van der Waals surface area contributed by atoms with Crippen molar-refractivity contribution in [2.24, 2.45) is 0 Å². The molecule has 0 amide bonds. The number of ether oxygens (including phenoxy) is 1. The van der Waals surface area contributed by atoms with E-state index in [0.29, 0.717) is 0 Å². The second-order valence-electron chi connectivity index (χ2n) is 4.94. The van der Waals surface area contributed by atoms with Crippen molar-refractivity contribution in [1.29, 1.82) is 0 Å². The molecule has 0 N–H and O–H groups in total. The Morgan fingerprint density at radius 2 is 1.88 bits per heavy atom. The summed E-state index contributed by atoms with van der Waals surface area (Å²) in [6.45, 7) is 7.25. The lowest BCUT2D eigenvalue weighted by Crippen LogP contribution is -2.42. The third-order valence-corrected chi connectivity index (χ3v) is 3.78. The predicted octanol–water partition coefficient (Wildman–Crippen LogP) is 3.04. The second kappa shape index (κ2) is 4.63. The lowest BCUT2D eigenvalue weighted by atomic mass is 9.96. The lowest BCUT2D eigenvalue weighted by molar-refractivity contribution is -0.0431. The zero-order chi connectivity index (χ0) is 11.7. The Labute approximate surface area is 103 Å². The maximum atomic E-state index is 5.98. The van der Waals surface area contributed by atoms with Crippen LogP contribution in [0.5, 0.6) is 0 Å². The van der Waals surface area contributed by atoms with Crippen molar-refractivity contribution in [1.82, 2.24) is 4.90 Å². The van der Waals surface area contributed by atoms with Gasteiger partial charge < -0.3 is 4.74 Å². The molecule has 1 aromatic carbocycles. The molecule has 2 heterocycles. The molecule has 0 aliphatic carbocycles. The molecule has 3 rings (SSSR count). The molecule has 17 heavy (non-hydrogen) atoms. The van der Waals surface area contributed by atoms with Gasteiger partial charge in [0, 0.05) is 13.1 Å². The van der Waals surface area contributed by atoms with E-state index in [1.54, 1.807) is 0 Å². The van der Waals surface area contributed by atoms with Gasteiger partial charge in [0.2, 0.25) is 0 Å². The first kappa shape index (κ1) is 11.0. The lowest BCUT2D eigenvalue weighted by Gasteiger charge is -2.38. The van der Waals surface area contributed by atoms with Gasteiger partial charge in [0.05, 0.1) is 6.61 Å². The molecule has 0 spiro atoms. The van der Waals surface area contributed by atoms with Crippen LogP contribution in [-0.4, -0.2) is 24.2 Å². The van der Waals surface area contributed by atoms with Gasteiger partial charge in [-0.25, -0.2) is 0 Å². The third kappa shape index (κ3) is 2.03. The van der Waals surface area contributed by atoms with Crippen LogP contribution in [-0.2, 0) is 11.3 Å². The van der Waals surface area contributed by atoms with Crippen LogP contribution in [0.25, 0.3) is 5.57 Å². The predicted molar refractivity (Wildman–Crippen MR) is 69.5 cm³/mol. The summed E-state index contributed by atoms with van der Waals surface area (Å²) in [7, 11) is 0. The molecule has 2 heteroatoms. The number of rotatable bonds is 1. The molecule has 1 unspecified atom stereocenters. The zero-order valence-corrected chi connectivity index (χ0v) is 10.2. The van der Waals surface area contributed by atoms with Gasteiger partial charge in [0.15, 0.2) is 0 Å². The molecule has 90 valence electrons. The first-order chi connectivity index (χ1) is 8.36. The summed E-state index contributed by atoms with van der Waals surface area (Å²) in [5.74, 6) is 0. The molecule has 0 saturated carbocycles. The smallest absolute Gasteiger partial charge is 0.137 e. The Bertz CT molecular complexity index is 421. The summed E-state index contributed by atoms with van der Waals surface area (Å²) in [6.07, 6.45) is 4.03. The van der Waals surface area contributed by atoms with Crippen LogP contribution in [0, 0.1) is 0 Å². The minimum Gasteiger partial charge on any atom is -0.354 e. The van der Waals surface area contributed by atoms with E-state index in [2.05, 4.69) is 35.7 Å². The first-order valence-corrected chi connectivity index (χ1v) is 6.49. The van der Waals surface area contributed by atoms with Gasteiger partial charge in [0.25, 0.3) is 0 Å². The van der Waals surface area contributed by atoms with Crippen LogP contribution in [0.4, 0.5) is 0 Å². The Kier molecular flexibility index (Phi) is 3.00. The molecule has 1 aromatic rings. The average Bonchev–Trinajstić information content (AvgIpc) is 2.40. The Balaban J connectivity index is 1.83. The molecular weight excluding hydrogens is 210 g/mol. The Morgan fingerprint density at radius 1 is 1.12 bits per heavy atom. The maximum absolute atomic E-state index is 5.98. The van der Waals surface area contributed by atoms with E-state index in [4.69, 9.17) is 4.74 Å². The number of nitrogens with zero attached hydrogens (tertiary/aromatic N) is 1. The van der Waals surface area contributed by atoms with Gasteiger partial charge in [-0.1, -0.05) is 37.3 Å². The van der Waals surface area contributed by atoms with E-state index in [-0.39, 0.29) is 6.23 Å². The maximum Gasteiger partial charge on any atom is 0.137 e. The van der Waals surface area contributed by atoms with Gasteiger partial charge in [-0.05, 0) is 29.5 Å². The highest BCUT2D eigenvalue weighted by molar-refractivity contribution is 5.70. The number of piperidine rings is 1. The average molecular weight is 229 g/mol. The van der Waals surface area contributed by atoms with Crippen molar-refractivity contribution in [3.63, 3.8) is 0 Å². The van der Waals surface area contributed by atoms with Crippen LogP contribution in [0.1, 0.15) is 30.4 Å². The fourth-order valence-corrected chi connectivity index (χ4v) is 2.84. The van der Waals surface area contributed by atoms with Crippen LogP contribution in [0.2, 0.25) is 0 Å². The van der Waals surface area contributed by atoms with Crippen LogP contribution >= 0.6 is 0 Å². The van der Waals surface area contributed by atoms with E-state index in [0.717, 1.165) is 25.3 Å². The van der Waals surface area contributed by atoms with E-state index in [1.165, 1.54) is 30.4 Å². The number of benzene rings is 1. The molecule has 0 radical (unpaired) electrons. The normalized spacial score (nSPS) is 25.6. The molecule has 2 aliphatic rings. The molecule has 0 bridgehead atoms. The Hall–Kier alpha value is -1.12. The van der Waals surface area contributed by atoms with Crippen LogP contribution < -0.4 is 0 Å². The molecule has 1 atom stereocenters. The van der Waals surface area contributed by atoms with Gasteiger partial charge in [-0.3, -0.25) is 4.90 Å². The fourth-order valence-electron chi connectivity index (χ4n) is 2.84. The molecule has 2 aliphatic heterocycles. The first-order valence-electron chi connectivity index (χ1n) is 6.49. The zero-order valence-electron chi connectivity index (χ0n) is 10.2. The van der Waals surface area contributed by atoms with Crippen molar-refractivity contribution in [3.05, 3.63) is 42.0 Å². The minimum atomic E-state index is 0.102. The van der Waals surface area contributed by atoms with Crippen molar-refractivity contribution >= 4 is 5.57 Å². The summed E-state index contributed by atoms with van der Waals surface area (Å²) in [5.41, 5.74) is 3.69.